The van der Waals surface area contributed by atoms with Crippen LogP contribution in [0.25, 0.3) is 0 Å². The Labute approximate surface area is 114 Å². The lowest BCUT2D eigenvalue weighted by Crippen LogP contribution is -2.35. The first kappa shape index (κ1) is 14.5. The van der Waals surface area contributed by atoms with Gasteiger partial charge in [0.05, 0.1) is 5.56 Å². The van der Waals surface area contributed by atoms with Gasteiger partial charge in [0.1, 0.15) is 5.82 Å². The summed E-state index contributed by atoms with van der Waals surface area (Å²) in [5.41, 5.74) is 0.104. The van der Waals surface area contributed by atoms with Crippen LogP contribution in [0.15, 0.2) is 22.7 Å². The van der Waals surface area contributed by atoms with Crippen LogP contribution in [0.3, 0.4) is 0 Å². The zero-order chi connectivity index (χ0) is 13.1. The monoisotopic (exact) mass is 321 g/mol. The number of nitrogens with one attached hydrogen (secondary N) is 1. The minimum Gasteiger partial charge on any atom is -0.351 e. The van der Waals surface area contributed by atoms with Crippen LogP contribution >= 0.6 is 27.5 Å². The SMILES string of the molecule is CC(C)(CCl)CNC(=O)c1cc(F)ccc1Br. The predicted molar refractivity (Wildman–Crippen MR) is 70.9 cm³/mol. The van der Waals surface area contributed by atoms with Gasteiger partial charge in [0.15, 0.2) is 0 Å². The zero-order valence-electron chi connectivity index (χ0n) is 9.69. The molecule has 2 nitrogen and oxygen atoms in total. The van der Waals surface area contributed by atoms with Crippen LogP contribution in [0, 0.1) is 11.2 Å². The Morgan fingerprint density at radius 2 is 2.18 bits per heavy atom. The summed E-state index contributed by atoms with van der Waals surface area (Å²) < 4.78 is 13.6. The van der Waals surface area contributed by atoms with Gasteiger partial charge in [-0.05, 0) is 39.5 Å². The van der Waals surface area contributed by atoms with Gasteiger partial charge in [0.25, 0.3) is 5.91 Å². The average molecular weight is 323 g/mol. The fourth-order valence-electron chi connectivity index (χ4n) is 1.13. The molecule has 0 saturated carbocycles. The van der Waals surface area contributed by atoms with Gasteiger partial charge in [-0.1, -0.05) is 13.8 Å². The number of alkyl halides is 1. The summed E-state index contributed by atoms with van der Waals surface area (Å²) in [6.45, 7) is 4.33. The van der Waals surface area contributed by atoms with Crippen molar-refractivity contribution in [2.45, 2.75) is 13.8 Å². The molecule has 0 radical (unpaired) electrons. The maximum absolute atomic E-state index is 13.0. The lowest BCUT2D eigenvalue weighted by molar-refractivity contribution is 0.0938. The molecule has 0 heterocycles. The summed E-state index contributed by atoms with van der Waals surface area (Å²) in [6.07, 6.45) is 0. The minimum absolute atomic E-state index is 0.184. The number of amides is 1. The highest BCUT2D eigenvalue weighted by molar-refractivity contribution is 9.10. The van der Waals surface area contributed by atoms with E-state index < -0.39 is 5.82 Å². The third-order valence-corrected chi connectivity index (χ3v) is 3.68. The first-order valence-corrected chi connectivity index (χ1v) is 6.48. The van der Waals surface area contributed by atoms with Gasteiger partial charge >= 0.3 is 0 Å². The summed E-state index contributed by atoms with van der Waals surface area (Å²) in [7, 11) is 0. The van der Waals surface area contributed by atoms with Gasteiger partial charge in [-0.25, -0.2) is 4.39 Å². The maximum atomic E-state index is 13.0. The standard InChI is InChI=1S/C12H14BrClFNO/c1-12(2,6-14)7-16-11(17)9-5-8(15)3-4-10(9)13/h3-5H,6-7H2,1-2H3,(H,16,17). The molecule has 0 saturated heterocycles. The van der Waals surface area contributed by atoms with Crippen molar-refractivity contribution in [1.82, 2.24) is 5.32 Å². The summed E-state index contributed by atoms with van der Waals surface area (Å²) >= 11 is 8.97. The van der Waals surface area contributed by atoms with Crippen molar-refractivity contribution in [3.63, 3.8) is 0 Å². The molecule has 0 aromatic heterocycles. The minimum atomic E-state index is -0.435. The number of benzene rings is 1. The van der Waals surface area contributed by atoms with E-state index in [1.807, 2.05) is 13.8 Å². The van der Waals surface area contributed by atoms with Crippen molar-refractivity contribution in [2.24, 2.45) is 5.41 Å². The number of carbonyl (C=O) groups excluding carboxylic acids is 1. The number of carbonyl (C=O) groups is 1. The Bertz CT molecular complexity index is 423. The van der Waals surface area contributed by atoms with E-state index in [-0.39, 0.29) is 16.9 Å². The number of hydrogen-bond donors (Lipinski definition) is 1. The third kappa shape index (κ3) is 4.28. The Morgan fingerprint density at radius 3 is 2.76 bits per heavy atom. The van der Waals surface area contributed by atoms with Crippen LogP contribution in [0.5, 0.6) is 0 Å². The van der Waals surface area contributed by atoms with E-state index in [9.17, 15) is 9.18 Å². The van der Waals surface area contributed by atoms with Crippen molar-refractivity contribution in [3.8, 4) is 0 Å². The average Bonchev–Trinajstić information content (AvgIpc) is 2.29. The van der Waals surface area contributed by atoms with Gasteiger partial charge in [-0.2, -0.15) is 0 Å². The lowest BCUT2D eigenvalue weighted by Gasteiger charge is -2.21. The molecule has 17 heavy (non-hydrogen) atoms. The van der Waals surface area contributed by atoms with Gasteiger partial charge in [-0.15, -0.1) is 11.6 Å². The summed E-state index contributed by atoms with van der Waals surface area (Å²) in [6, 6.07) is 4.01. The Balaban J connectivity index is 2.74. The van der Waals surface area contributed by atoms with Crippen molar-refractivity contribution in [3.05, 3.63) is 34.1 Å². The Morgan fingerprint density at radius 1 is 1.53 bits per heavy atom. The highest BCUT2D eigenvalue weighted by atomic mass is 79.9. The Kier molecular flexibility index (Phi) is 4.95. The summed E-state index contributed by atoms with van der Waals surface area (Å²) in [5.74, 6) is -0.304. The summed E-state index contributed by atoms with van der Waals surface area (Å²) in [4.78, 5) is 11.8. The number of halogens is 3. The van der Waals surface area contributed by atoms with E-state index in [0.717, 1.165) is 0 Å². The lowest BCUT2D eigenvalue weighted by atomic mass is 9.96. The molecule has 1 aromatic carbocycles. The van der Waals surface area contributed by atoms with Crippen LogP contribution in [0.4, 0.5) is 4.39 Å². The van der Waals surface area contributed by atoms with E-state index in [2.05, 4.69) is 21.2 Å². The maximum Gasteiger partial charge on any atom is 0.252 e. The largest absolute Gasteiger partial charge is 0.351 e. The first-order valence-electron chi connectivity index (χ1n) is 5.15. The van der Waals surface area contributed by atoms with Crippen molar-refractivity contribution in [2.75, 3.05) is 12.4 Å². The van der Waals surface area contributed by atoms with Gasteiger partial charge < -0.3 is 5.32 Å². The second-order valence-corrected chi connectivity index (χ2v) is 5.73. The molecule has 0 aliphatic rings. The molecule has 94 valence electrons. The van der Waals surface area contributed by atoms with Crippen molar-refractivity contribution in [1.29, 1.82) is 0 Å². The molecule has 0 unspecified atom stereocenters. The smallest absolute Gasteiger partial charge is 0.252 e. The Hall–Kier alpha value is -0.610. The van der Waals surface area contributed by atoms with Crippen LogP contribution in [-0.4, -0.2) is 18.3 Å². The zero-order valence-corrected chi connectivity index (χ0v) is 12.0. The highest BCUT2D eigenvalue weighted by Gasteiger charge is 2.19. The molecule has 0 bridgehead atoms. The molecular formula is C12H14BrClFNO. The molecule has 1 rings (SSSR count). The molecule has 0 aliphatic carbocycles. The predicted octanol–water partition coefficient (Wildman–Crippen LogP) is 3.58. The fraction of sp³-hybridized carbons (Fsp3) is 0.417. The second kappa shape index (κ2) is 5.83. The molecule has 0 fully saturated rings. The number of hydrogen-bond acceptors (Lipinski definition) is 1. The molecule has 0 atom stereocenters. The molecule has 1 aromatic rings. The fourth-order valence-corrected chi connectivity index (χ4v) is 1.65. The van der Waals surface area contributed by atoms with E-state index in [4.69, 9.17) is 11.6 Å². The van der Waals surface area contributed by atoms with E-state index >= 15 is 0 Å². The normalized spacial score (nSPS) is 11.4. The quantitative estimate of drug-likeness (QED) is 0.843. The van der Waals surface area contributed by atoms with E-state index in [1.54, 1.807) is 0 Å². The molecule has 0 spiro atoms. The van der Waals surface area contributed by atoms with Gasteiger partial charge in [0, 0.05) is 16.9 Å². The first-order chi connectivity index (χ1) is 7.85. The molecule has 1 amide bonds. The molecule has 1 N–H and O–H groups in total. The summed E-state index contributed by atoms with van der Waals surface area (Å²) in [5, 5.41) is 2.74. The second-order valence-electron chi connectivity index (χ2n) is 4.60. The molecule has 0 aliphatic heterocycles. The van der Waals surface area contributed by atoms with Gasteiger partial charge in [0.2, 0.25) is 0 Å². The topological polar surface area (TPSA) is 29.1 Å². The van der Waals surface area contributed by atoms with Crippen molar-refractivity contribution >= 4 is 33.4 Å². The highest BCUT2D eigenvalue weighted by Crippen LogP contribution is 2.19. The van der Waals surface area contributed by atoms with Crippen molar-refractivity contribution < 1.29 is 9.18 Å². The van der Waals surface area contributed by atoms with Crippen LogP contribution in [0.1, 0.15) is 24.2 Å². The molecule has 5 heteroatoms. The van der Waals surface area contributed by atoms with Crippen LogP contribution in [-0.2, 0) is 0 Å². The molecular weight excluding hydrogens is 308 g/mol. The van der Waals surface area contributed by atoms with E-state index in [1.165, 1.54) is 18.2 Å². The van der Waals surface area contributed by atoms with Crippen LogP contribution in [0.2, 0.25) is 0 Å². The van der Waals surface area contributed by atoms with Crippen LogP contribution < -0.4 is 5.32 Å². The third-order valence-electron chi connectivity index (χ3n) is 2.26. The van der Waals surface area contributed by atoms with Gasteiger partial charge in [-0.3, -0.25) is 4.79 Å². The van der Waals surface area contributed by atoms with E-state index in [0.29, 0.717) is 16.9 Å². The number of rotatable bonds is 4.